The molecule has 0 bridgehead atoms. The minimum atomic E-state index is -1.00. The van der Waals surface area contributed by atoms with Crippen LogP contribution in [0.4, 0.5) is 0 Å². The first-order chi connectivity index (χ1) is 4.62. The molecule has 0 aromatic rings. The van der Waals surface area contributed by atoms with Gasteiger partial charge >= 0.3 is 0 Å². The van der Waals surface area contributed by atoms with Crippen molar-refractivity contribution in [2.75, 3.05) is 13.2 Å². The van der Waals surface area contributed by atoms with Gasteiger partial charge in [-0.25, -0.2) is 0 Å². The Morgan fingerprint density at radius 1 is 1.70 bits per heavy atom. The topological polar surface area (TPSA) is 29.5 Å². The Kier molecular flexibility index (Phi) is 4.10. The third-order valence-electron chi connectivity index (χ3n) is 1.25. The van der Waals surface area contributed by atoms with Crippen molar-refractivity contribution in [3.63, 3.8) is 0 Å². The first-order valence-electron chi connectivity index (χ1n) is 3.40. The van der Waals surface area contributed by atoms with Gasteiger partial charge in [0.05, 0.1) is 6.61 Å². The van der Waals surface area contributed by atoms with Crippen molar-refractivity contribution < 1.29 is 9.84 Å². The van der Waals surface area contributed by atoms with Crippen LogP contribution in [-0.2, 0) is 4.74 Å². The predicted molar refractivity (Wildman–Crippen MR) is 40.6 cm³/mol. The molecule has 0 aliphatic heterocycles. The van der Waals surface area contributed by atoms with E-state index >= 15 is 0 Å². The van der Waals surface area contributed by atoms with Gasteiger partial charge in [0.15, 0.2) is 0 Å². The maximum absolute atomic E-state index is 9.23. The summed E-state index contributed by atoms with van der Waals surface area (Å²) in [6.45, 7) is 4.70. The third kappa shape index (κ3) is 4.37. The minimum Gasteiger partial charge on any atom is -0.382 e. The Morgan fingerprint density at radius 2 is 2.30 bits per heavy atom. The van der Waals surface area contributed by atoms with Crippen molar-refractivity contribution in [2.45, 2.75) is 25.9 Å². The van der Waals surface area contributed by atoms with Crippen molar-refractivity contribution >= 4 is 0 Å². The molecule has 0 aliphatic rings. The minimum absolute atomic E-state index is 0.497. The average Bonchev–Trinajstić information content (AvgIpc) is 1.89. The van der Waals surface area contributed by atoms with Gasteiger partial charge in [-0.15, -0.1) is 6.42 Å². The molecule has 0 aromatic heterocycles. The highest BCUT2D eigenvalue weighted by Gasteiger charge is 2.14. The summed E-state index contributed by atoms with van der Waals surface area (Å²) in [5.41, 5.74) is -1.00. The van der Waals surface area contributed by atoms with Gasteiger partial charge in [-0.2, -0.15) is 0 Å². The van der Waals surface area contributed by atoms with Crippen molar-refractivity contribution in [3.8, 4) is 12.3 Å². The second kappa shape index (κ2) is 4.32. The first kappa shape index (κ1) is 9.48. The zero-order valence-corrected chi connectivity index (χ0v) is 6.55. The van der Waals surface area contributed by atoms with Crippen LogP contribution in [-0.4, -0.2) is 23.9 Å². The molecule has 1 N–H and O–H groups in total. The van der Waals surface area contributed by atoms with E-state index in [-0.39, 0.29) is 0 Å². The van der Waals surface area contributed by atoms with E-state index in [0.29, 0.717) is 19.6 Å². The number of hydrogen-bond donors (Lipinski definition) is 1. The molecule has 0 saturated carbocycles. The fourth-order valence-corrected chi connectivity index (χ4v) is 0.487. The van der Waals surface area contributed by atoms with Crippen LogP contribution in [0.1, 0.15) is 20.3 Å². The Balaban J connectivity index is 3.40. The summed E-state index contributed by atoms with van der Waals surface area (Å²) in [5, 5.41) is 9.23. The fraction of sp³-hybridized carbons (Fsp3) is 0.750. The molecule has 58 valence electrons. The highest BCUT2D eigenvalue weighted by Crippen LogP contribution is 2.06. The highest BCUT2D eigenvalue weighted by atomic mass is 16.5. The van der Waals surface area contributed by atoms with Crippen LogP contribution in [0.5, 0.6) is 0 Å². The lowest BCUT2D eigenvalue weighted by molar-refractivity contribution is 0.0590. The van der Waals surface area contributed by atoms with Crippen LogP contribution >= 0.6 is 0 Å². The number of terminal acetylenes is 1. The molecule has 0 saturated heterocycles. The van der Waals surface area contributed by atoms with Gasteiger partial charge < -0.3 is 9.84 Å². The Labute approximate surface area is 62.2 Å². The Bertz CT molecular complexity index is 122. The Morgan fingerprint density at radius 3 is 2.70 bits per heavy atom. The second-order valence-corrected chi connectivity index (χ2v) is 2.37. The van der Waals surface area contributed by atoms with Crippen LogP contribution in [0.3, 0.4) is 0 Å². The van der Waals surface area contributed by atoms with Crippen molar-refractivity contribution in [2.24, 2.45) is 0 Å². The molecule has 0 aliphatic carbocycles. The summed E-state index contributed by atoms with van der Waals surface area (Å²) in [6.07, 6.45) is 5.53. The summed E-state index contributed by atoms with van der Waals surface area (Å²) in [4.78, 5) is 0. The smallest absolute Gasteiger partial charge is 0.124 e. The number of hydrogen-bond acceptors (Lipinski definition) is 2. The molecule has 0 heterocycles. The monoisotopic (exact) mass is 142 g/mol. The number of aliphatic hydroxyl groups is 1. The lowest BCUT2D eigenvalue weighted by atomic mass is 10.1. The summed E-state index contributed by atoms with van der Waals surface area (Å²) < 4.78 is 5.02. The number of rotatable bonds is 4. The molecule has 0 spiro atoms. The standard InChI is InChI=1S/C8H14O2/c1-4-8(3,9)6-7-10-5-2/h1,9H,5-7H2,2-3H3. The van der Waals surface area contributed by atoms with Gasteiger partial charge in [0.1, 0.15) is 5.60 Å². The lowest BCUT2D eigenvalue weighted by Gasteiger charge is -2.14. The summed E-state index contributed by atoms with van der Waals surface area (Å²) in [6, 6.07) is 0. The van der Waals surface area contributed by atoms with E-state index in [2.05, 4.69) is 5.92 Å². The second-order valence-electron chi connectivity index (χ2n) is 2.37. The molecular formula is C8H14O2. The normalized spacial score (nSPS) is 15.8. The van der Waals surface area contributed by atoms with E-state index in [4.69, 9.17) is 11.2 Å². The molecule has 0 radical (unpaired) electrons. The molecule has 0 fully saturated rings. The quantitative estimate of drug-likeness (QED) is 0.464. The molecule has 0 amide bonds. The van der Waals surface area contributed by atoms with Crippen molar-refractivity contribution in [1.82, 2.24) is 0 Å². The maximum Gasteiger partial charge on any atom is 0.124 e. The largest absolute Gasteiger partial charge is 0.382 e. The zero-order valence-electron chi connectivity index (χ0n) is 6.55. The molecular weight excluding hydrogens is 128 g/mol. The van der Waals surface area contributed by atoms with Crippen LogP contribution in [0.15, 0.2) is 0 Å². The SMILES string of the molecule is C#CC(C)(O)CCOCC. The molecule has 10 heavy (non-hydrogen) atoms. The van der Waals surface area contributed by atoms with Gasteiger partial charge in [0.2, 0.25) is 0 Å². The van der Waals surface area contributed by atoms with E-state index < -0.39 is 5.60 Å². The van der Waals surface area contributed by atoms with Gasteiger partial charge in [0.25, 0.3) is 0 Å². The van der Waals surface area contributed by atoms with Gasteiger partial charge in [-0.05, 0) is 13.8 Å². The molecule has 0 rings (SSSR count). The molecule has 2 nitrogen and oxygen atoms in total. The predicted octanol–water partition coefficient (Wildman–Crippen LogP) is 0.797. The van der Waals surface area contributed by atoms with E-state index in [1.165, 1.54) is 0 Å². The maximum atomic E-state index is 9.23. The summed E-state index contributed by atoms with van der Waals surface area (Å²) in [7, 11) is 0. The van der Waals surface area contributed by atoms with E-state index in [9.17, 15) is 5.11 Å². The number of ether oxygens (including phenoxy) is 1. The summed E-state index contributed by atoms with van der Waals surface area (Å²) in [5.74, 6) is 2.28. The fourth-order valence-electron chi connectivity index (χ4n) is 0.487. The summed E-state index contributed by atoms with van der Waals surface area (Å²) >= 11 is 0. The lowest BCUT2D eigenvalue weighted by Crippen LogP contribution is -2.23. The van der Waals surface area contributed by atoms with Crippen molar-refractivity contribution in [3.05, 3.63) is 0 Å². The molecule has 1 unspecified atom stereocenters. The van der Waals surface area contributed by atoms with Crippen molar-refractivity contribution in [1.29, 1.82) is 0 Å². The van der Waals surface area contributed by atoms with Gasteiger partial charge in [-0.1, -0.05) is 5.92 Å². The molecule has 0 aromatic carbocycles. The zero-order chi connectivity index (χ0) is 8.04. The van der Waals surface area contributed by atoms with Crippen LogP contribution in [0, 0.1) is 12.3 Å². The van der Waals surface area contributed by atoms with E-state index in [1.807, 2.05) is 6.92 Å². The molecule has 2 heteroatoms. The van der Waals surface area contributed by atoms with E-state index in [0.717, 1.165) is 0 Å². The molecule has 1 atom stereocenters. The first-order valence-corrected chi connectivity index (χ1v) is 3.40. The van der Waals surface area contributed by atoms with Crippen LogP contribution in [0.2, 0.25) is 0 Å². The van der Waals surface area contributed by atoms with Crippen LogP contribution in [0.25, 0.3) is 0 Å². The third-order valence-corrected chi connectivity index (χ3v) is 1.25. The van der Waals surface area contributed by atoms with E-state index in [1.54, 1.807) is 6.92 Å². The van der Waals surface area contributed by atoms with Gasteiger partial charge in [0, 0.05) is 13.0 Å². The van der Waals surface area contributed by atoms with Gasteiger partial charge in [-0.3, -0.25) is 0 Å². The van der Waals surface area contributed by atoms with Crippen LogP contribution < -0.4 is 0 Å². The average molecular weight is 142 g/mol. The highest BCUT2D eigenvalue weighted by molar-refractivity contribution is 5.03. The Hall–Kier alpha value is -0.520.